The zero-order chi connectivity index (χ0) is 16.0. The Labute approximate surface area is 129 Å². The molecule has 0 aliphatic heterocycles. The Morgan fingerprint density at radius 2 is 2.00 bits per heavy atom. The van der Waals surface area contributed by atoms with Crippen LogP contribution in [0.5, 0.6) is 0 Å². The molecule has 21 heavy (non-hydrogen) atoms. The second kappa shape index (κ2) is 8.00. The number of amides is 2. The van der Waals surface area contributed by atoms with Crippen molar-refractivity contribution in [2.75, 3.05) is 11.9 Å². The minimum atomic E-state index is -0.781. The predicted octanol–water partition coefficient (Wildman–Crippen LogP) is 2.11. The third-order valence-corrected chi connectivity index (χ3v) is 3.66. The topological polar surface area (TPSA) is 78.4 Å². The average molecular weight is 313 g/mol. The number of aryl methyl sites for hydroxylation is 1. The highest BCUT2D eigenvalue weighted by Crippen LogP contribution is 2.19. The van der Waals surface area contributed by atoms with Crippen molar-refractivity contribution in [3.05, 3.63) is 28.8 Å². The number of halogens is 1. The Hall–Kier alpha value is -1.59. The molecular weight excluding hydrogens is 292 g/mol. The van der Waals surface area contributed by atoms with Crippen molar-refractivity contribution >= 4 is 29.1 Å². The molecular formula is C15H21ClN2O3. The van der Waals surface area contributed by atoms with Gasteiger partial charge in [0.1, 0.15) is 0 Å². The number of carbonyl (C=O) groups is 2. The molecule has 0 bridgehead atoms. The molecule has 0 radical (unpaired) electrons. The van der Waals surface area contributed by atoms with Gasteiger partial charge < -0.3 is 15.7 Å². The molecule has 5 nitrogen and oxygen atoms in total. The van der Waals surface area contributed by atoms with Crippen LogP contribution in [-0.2, 0) is 9.59 Å². The summed E-state index contributed by atoms with van der Waals surface area (Å²) in [6.07, 6.45) is 0.130. The van der Waals surface area contributed by atoms with E-state index in [-0.39, 0.29) is 12.5 Å². The highest BCUT2D eigenvalue weighted by Gasteiger charge is 2.18. The first-order valence-corrected chi connectivity index (χ1v) is 7.26. The van der Waals surface area contributed by atoms with E-state index in [0.717, 1.165) is 12.0 Å². The monoisotopic (exact) mass is 312 g/mol. The largest absolute Gasteiger partial charge is 0.391 e. The van der Waals surface area contributed by atoms with Gasteiger partial charge in [-0.05, 0) is 30.5 Å². The molecule has 1 aromatic carbocycles. The molecule has 1 aromatic rings. The van der Waals surface area contributed by atoms with E-state index in [0.29, 0.717) is 10.7 Å². The van der Waals surface area contributed by atoms with Crippen molar-refractivity contribution < 1.29 is 14.7 Å². The number of rotatable bonds is 5. The van der Waals surface area contributed by atoms with Gasteiger partial charge in [0.2, 0.25) is 0 Å². The van der Waals surface area contributed by atoms with Gasteiger partial charge in [0.05, 0.1) is 6.10 Å². The molecule has 2 amide bonds. The van der Waals surface area contributed by atoms with E-state index in [1.54, 1.807) is 25.1 Å². The zero-order valence-corrected chi connectivity index (χ0v) is 13.2. The van der Waals surface area contributed by atoms with E-state index in [2.05, 4.69) is 10.6 Å². The first-order chi connectivity index (χ1) is 9.85. The van der Waals surface area contributed by atoms with Crippen molar-refractivity contribution in [1.82, 2.24) is 5.32 Å². The van der Waals surface area contributed by atoms with Crippen LogP contribution in [0.4, 0.5) is 5.69 Å². The predicted molar refractivity (Wildman–Crippen MR) is 83.3 cm³/mol. The summed E-state index contributed by atoms with van der Waals surface area (Å²) in [5.74, 6) is -1.50. The first-order valence-electron chi connectivity index (χ1n) is 6.88. The van der Waals surface area contributed by atoms with Gasteiger partial charge in [0.25, 0.3) is 0 Å². The van der Waals surface area contributed by atoms with Crippen molar-refractivity contribution in [2.24, 2.45) is 5.92 Å². The Morgan fingerprint density at radius 3 is 2.62 bits per heavy atom. The molecule has 0 aliphatic carbocycles. The first kappa shape index (κ1) is 17.5. The highest BCUT2D eigenvalue weighted by atomic mass is 35.5. The molecule has 2 atom stereocenters. The van der Waals surface area contributed by atoms with E-state index in [1.165, 1.54) is 0 Å². The van der Waals surface area contributed by atoms with Gasteiger partial charge in [0.15, 0.2) is 0 Å². The smallest absolute Gasteiger partial charge is 0.313 e. The number of benzene rings is 1. The standard InChI is InChI=1S/C15H21ClN2O3/c1-4-9(2)13(19)8-17-14(20)15(21)18-12-7-11(16)6-5-10(12)3/h5-7,9,13,19H,4,8H2,1-3H3,(H,17,20)(H,18,21). The lowest BCUT2D eigenvalue weighted by atomic mass is 10.0. The fraction of sp³-hybridized carbons (Fsp3) is 0.467. The fourth-order valence-corrected chi connectivity index (χ4v) is 1.83. The van der Waals surface area contributed by atoms with E-state index >= 15 is 0 Å². The van der Waals surface area contributed by atoms with Crippen molar-refractivity contribution in [2.45, 2.75) is 33.3 Å². The van der Waals surface area contributed by atoms with Gasteiger partial charge in [-0.3, -0.25) is 9.59 Å². The maximum Gasteiger partial charge on any atom is 0.313 e. The normalized spacial score (nSPS) is 13.4. The number of aliphatic hydroxyl groups is 1. The Morgan fingerprint density at radius 1 is 1.33 bits per heavy atom. The van der Waals surface area contributed by atoms with Crippen LogP contribution in [0, 0.1) is 12.8 Å². The molecule has 116 valence electrons. The summed E-state index contributed by atoms with van der Waals surface area (Å²) in [5, 5.41) is 15.1. The summed E-state index contributed by atoms with van der Waals surface area (Å²) in [5.41, 5.74) is 1.30. The van der Waals surface area contributed by atoms with Crippen LogP contribution in [0.1, 0.15) is 25.8 Å². The Kier molecular flexibility index (Phi) is 6.65. The van der Waals surface area contributed by atoms with E-state index < -0.39 is 17.9 Å². The fourth-order valence-electron chi connectivity index (χ4n) is 1.66. The molecule has 0 fully saturated rings. The molecule has 0 saturated carbocycles. The lowest BCUT2D eigenvalue weighted by Gasteiger charge is -2.17. The number of hydrogen-bond donors (Lipinski definition) is 3. The minimum absolute atomic E-state index is 0.0514. The number of anilines is 1. The summed E-state index contributed by atoms with van der Waals surface area (Å²) < 4.78 is 0. The maximum atomic E-state index is 11.8. The SMILES string of the molecule is CCC(C)C(O)CNC(=O)C(=O)Nc1cc(Cl)ccc1C. The molecule has 6 heteroatoms. The second-order valence-corrected chi connectivity index (χ2v) is 5.51. The van der Waals surface area contributed by atoms with Crippen LogP contribution in [0.2, 0.25) is 5.02 Å². The van der Waals surface area contributed by atoms with Crippen molar-refractivity contribution in [3.8, 4) is 0 Å². The van der Waals surface area contributed by atoms with Crippen LogP contribution < -0.4 is 10.6 Å². The van der Waals surface area contributed by atoms with Crippen molar-refractivity contribution in [3.63, 3.8) is 0 Å². The van der Waals surface area contributed by atoms with Crippen LogP contribution in [0.15, 0.2) is 18.2 Å². The summed E-state index contributed by atoms with van der Waals surface area (Å²) >= 11 is 5.85. The highest BCUT2D eigenvalue weighted by molar-refractivity contribution is 6.40. The molecule has 0 saturated heterocycles. The summed E-state index contributed by atoms with van der Waals surface area (Å²) in [4.78, 5) is 23.5. The number of hydrogen-bond acceptors (Lipinski definition) is 3. The van der Waals surface area contributed by atoms with Gasteiger partial charge in [-0.25, -0.2) is 0 Å². The zero-order valence-electron chi connectivity index (χ0n) is 12.4. The van der Waals surface area contributed by atoms with E-state index in [4.69, 9.17) is 11.6 Å². The van der Waals surface area contributed by atoms with Crippen LogP contribution in [0.25, 0.3) is 0 Å². The third-order valence-electron chi connectivity index (χ3n) is 3.43. The summed E-state index contributed by atoms with van der Waals surface area (Å²) in [6.45, 7) is 5.68. The number of nitrogens with one attached hydrogen (secondary N) is 2. The Bertz CT molecular complexity index is 520. The van der Waals surface area contributed by atoms with Crippen LogP contribution in [0.3, 0.4) is 0 Å². The van der Waals surface area contributed by atoms with Gasteiger partial charge in [-0.15, -0.1) is 0 Å². The molecule has 0 aliphatic rings. The molecule has 0 aromatic heterocycles. The summed E-state index contributed by atoms with van der Waals surface area (Å²) in [6, 6.07) is 5.04. The lowest BCUT2D eigenvalue weighted by molar-refractivity contribution is -0.136. The lowest BCUT2D eigenvalue weighted by Crippen LogP contribution is -2.41. The van der Waals surface area contributed by atoms with Crippen LogP contribution in [-0.4, -0.2) is 29.6 Å². The second-order valence-electron chi connectivity index (χ2n) is 5.08. The van der Waals surface area contributed by atoms with Gasteiger partial charge >= 0.3 is 11.8 Å². The van der Waals surface area contributed by atoms with Crippen molar-refractivity contribution in [1.29, 1.82) is 0 Å². The molecule has 0 spiro atoms. The van der Waals surface area contributed by atoms with Gasteiger partial charge in [-0.1, -0.05) is 37.9 Å². The number of carbonyl (C=O) groups excluding carboxylic acids is 2. The quantitative estimate of drug-likeness (QED) is 0.729. The molecule has 0 heterocycles. The minimum Gasteiger partial charge on any atom is -0.391 e. The molecule has 2 unspecified atom stereocenters. The maximum absolute atomic E-state index is 11.8. The van der Waals surface area contributed by atoms with Gasteiger partial charge in [-0.2, -0.15) is 0 Å². The summed E-state index contributed by atoms with van der Waals surface area (Å²) in [7, 11) is 0. The molecule has 3 N–H and O–H groups in total. The van der Waals surface area contributed by atoms with E-state index in [1.807, 2.05) is 13.8 Å². The molecule has 1 rings (SSSR count). The van der Waals surface area contributed by atoms with Gasteiger partial charge in [0, 0.05) is 17.3 Å². The van der Waals surface area contributed by atoms with Crippen LogP contribution >= 0.6 is 11.6 Å². The number of aliphatic hydroxyl groups excluding tert-OH is 1. The third kappa shape index (κ3) is 5.36. The Balaban J connectivity index is 2.55. The average Bonchev–Trinajstić information content (AvgIpc) is 2.47. The van der Waals surface area contributed by atoms with E-state index in [9.17, 15) is 14.7 Å².